The zero-order chi connectivity index (χ0) is 19.4. The van der Waals surface area contributed by atoms with Crippen molar-refractivity contribution in [3.8, 4) is 6.07 Å². The van der Waals surface area contributed by atoms with E-state index in [1.165, 1.54) is 18.2 Å². The predicted molar refractivity (Wildman–Crippen MR) is 103 cm³/mol. The van der Waals surface area contributed by atoms with Crippen LogP contribution in [0.2, 0.25) is 0 Å². The molecule has 0 saturated carbocycles. The molecule has 0 saturated heterocycles. The number of H-pyrrole nitrogens is 1. The summed E-state index contributed by atoms with van der Waals surface area (Å²) in [6.45, 7) is 2.05. The Morgan fingerprint density at radius 1 is 1.22 bits per heavy atom. The summed E-state index contributed by atoms with van der Waals surface area (Å²) in [7, 11) is 0. The van der Waals surface area contributed by atoms with E-state index in [0.29, 0.717) is 0 Å². The van der Waals surface area contributed by atoms with Crippen LogP contribution in [0.1, 0.15) is 28.4 Å². The monoisotopic (exact) mass is 359 g/mol. The number of nitrogens with zero attached hydrogens (tertiary/aromatic N) is 1. The average Bonchev–Trinajstić information content (AvgIpc) is 3.09. The van der Waals surface area contributed by atoms with Crippen molar-refractivity contribution in [3.63, 3.8) is 0 Å². The first-order valence-corrected chi connectivity index (χ1v) is 8.39. The molecule has 1 amide bonds. The van der Waals surface area contributed by atoms with Gasteiger partial charge in [-0.25, -0.2) is 4.79 Å². The predicted octanol–water partition coefficient (Wildman–Crippen LogP) is 3.97. The zero-order valence-corrected chi connectivity index (χ0v) is 14.6. The van der Waals surface area contributed by atoms with Crippen molar-refractivity contribution in [2.45, 2.75) is 13.3 Å². The molecule has 1 aromatic heterocycles. The molecule has 6 heteroatoms. The quantitative estimate of drug-likeness (QED) is 0.473. The van der Waals surface area contributed by atoms with Gasteiger partial charge in [0.1, 0.15) is 11.6 Å². The first-order chi connectivity index (χ1) is 13.0. The van der Waals surface area contributed by atoms with Crippen LogP contribution < -0.4 is 5.32 Å². The van der Waals surface area contributed by atoms with Gasteiger partial charge in [-0.2, -0.15) is 5.26 Å². The van der Waals surface area contributed by atoms with Crippen LogP contribution in [0.25, 0.3) is 17.0 Å². The van der Waals surface area contributed by atoms with E-state index >= 15 is 0 Å². The van der Waals surface area contributed by atoms with E-state index in [9.17, 15) is 20.0 Å². The molecule has 0 radical (unpaired) electrons. The van der Waals surface area contributed by atoms with Gasteiger partial charge in [0.05, 0.1) is 11.3 Å². The third-order valence-corrected chi connectivity index (χ3v) is 4.29. The molecule has 3 N–H and O–H groups in total. The number of anilines is 1. The Kier molecular flexibility index (Phi) is 5.04. The molecule has 0 unspecified atom stereocenters. The van der Waals surface area contributed by atoms with Crippen LogP contribution in [-0.4, -0.2) is 22.0 Å². The molecular weight excluding hydrogens is 342 g/mol. The number of nitrogens with one attached hydrogen (secondary N) is 2. The molecule has 3 aromatic rings. The first kappa shape index (κ1) is 18.0. The zero-order valence-electron chi connectivity index (χ0n) is 14.6. The minimum atomic E-state index is -1.16. The van der Waals surface area contributed by atoms with Crippen molar-refractivity contribution in [2.75, 3.05) is 5.32 Å². The van der Waals surface area contributed by atoms with E-state index in [1.54, 1.807) is 18.3 Å². The summed E-state index contributed by atoms with van der Waals surface area (Å²) < 4.78 is 0. The van der Waals surface area contributed by atoms with E-state index in [1.807, 2.05) is 24.3 Å². The molecule has 6 nitrogen and oxygen atoms in total. The lowest BCUT2D eigenvalue weighted by Crippen LogP contribution is -2.16. The number of aromatic carboxylic acids is 1. The molecule has 0 aliphatic heterocycles. The van der Waals surface area contributed by atoms with Crippen LogP contribution in [-0.2, 0) is 11.2 Å². The lowest BCUT2D eigenvalue weighted by molar-refractivity contribution is -0.112. The van der Waals surface area contributed by atoms with E-state index in [-0.39, 0.29) is 16.8 Å². The number of hydrogen-bond donors (Lipinski definition) is 3. The van der Waals surface area contributed by atoms with Crippen LogP contribution in [0.3, 0.4) is 0 Å². The number of hydrogen-bond acceptors (Lipinski definition) is 3. The van der Waals surface area contributed by atoms with E-state index in [4.69, 9.17) is 0 Å². The number of aryl methyl sites for hydroxylation is 1. The van der Waals surface area contributed by atoms with Gasteiger partial charge in [-0.3, -0.25) is 4.79 Å². The Morgan fingerprint density at radius 3 is 2.70 bits per heavy atom. The molecular formula is C21H17N3O3. The summed E-state index contributed by atoms with van der Waals surface area (Å²) in [6.07, 6.45) is 4.11. The molecule has 0 fully saturated rings. The molecule has 0 aliphatic rings. The Morgan fingerprint density at radius 2 is 2.00 bits per heavy atom. The lowest BCUT2D eigenvalue weighted by atomic mass is 10.1. The molecule has 134 valence electrons. The number of nitriles is 1. The third-order valence-electron chi connectivity index (χ3n) is 4.29. The Bertz CT molecular complexity index is 1100. The molecule has 0 atom stereocenters. The summed E-state index contributed by atoms with van der Waals surface area (Å²) in [5.41, 5.74) is 2.83. The fraction of sp³-hybridized carbons (Fsp3) is 0.0952. The molecule has 0 spiro atoms. The highest BCUT2D eigenvalue weighted by molar-refractivity contribution is 6.12. The number of carboxylic acids is 1. The van der Waals surface area contributed by atoms with E-state index < -0.39 is 11.9 Å². The van der Waals surface area contributed by atoms with Crippen LogP contribution in [0.5, 0.6) is 0 Å². The van der Waals surface area contributed by atoms with Crippen LogP contribution in [0.4, 0.5) is 5.69 Å². The molecule has 0 aliphatic carbocycles. The van der Waals surface area contributed by atoms with Gasteiger partial charge in [-0.05, 0) is 30.2 Å². The average molecular weight is 359 g/mol. The highest BCUT2D eigenvalue weighted by Crippen LogP contribution is 2.24. The molecule has 0 bridgehead atoms. The number of benzene rings is 2. The van der Waals surface area contributed by atoms with Crippen LogP contribution in [0, 0.1) is 11.3 Å². The number of carbonyl (C=O) groups excluding carboxylic acids is 1. The number of aromatic nitrogens is 1. The Balaban J connectivity index is 1.95. The van der Waals surface area contributed by atoms with Crippen molar-refractivity contribution >= 4 is 34.5 Å². The first-order valence-electron chi connectivity index (χ1n) is 8.39. The van der Waals surface area contributed by atoms with Crippen molar-refractivity contribution in [1.82, 2.24) is 4.98 Å². The highest BCUT2D eigenvalue weighted by Gasteiger charge is 2.15. The standard InChI is InChI=1S/C21H17N3O3/c1-2-13-6-5-8-16-15(12-23-19(13)16)10-14(11-22)20(25)24-18-9-4-3-7-17(18)21(26)27/h3-10,12,23H,2H2,1H3,(H,24,25)(H,26,27)/b14-10+. The van der Waals surface area contributed by atoms with Gasteiger partial charge in [0.15, 0.2) is 0 Å². The maximum Gasteiger partial charge on any atom is 0.337 e. The van der Waals surface area contributed by atoms with Gasteiger partial charge in [0.2, 0.25) is 0 Å². The fourth-order valence-corrected chi connectivity index (χ4v) is 2.93. The van der Waals surface area contributed by atoms with Crippen molar-refractivity contribution < 1.29 is 14.7 Å². The number of carboxylic acid groups (broad SMARTS) is 1. The number of rotatable bonds is 5. The molecule has 3 rings (SSSR count). The van der Waals surface area contributed by atoms with Crippen LogP contribution in [0.15, 0.2) is 54.2 Å². The number of para-hydroxylation sites is 2. The van der Waals surface area contributed by atoms with Gasteiger partial charge in [0, 0.05) is 22.7 Å². The molecule has 1 heterocycles. The minimum Gasteiger partial charge on any atom is -0.478 e. The number of carbonyl (C=O) groups is 2. The van der Waals surface area contributed by atoms with Gasteiger partial charge in [-0.1, -0.05) is 37.3 Å². The van der Waals surface area contributed by atoms with Gasteiger partial charge in [-0.15, -0.1) is 0 Å². The molecule has 27 heavy (non-hydrogen) atoms. The summed E-state index contributed by atoms with van der Waals surface area (Å²) in [5.74, 6) is -1.82. The summed E-state index contributed by atoms with van der Waals surface area (Å²) in [5, 5.41) is 22.1. The van der Waals surface area contributed by atoms with Crippen molar-refractivity contribution in [1.29, 1.82) is 5.26 Å². The summed E-state index contributed by atoms with van der Waals surface area (Å²) in [6, 6.07) is 13.8. The van der Waals surface area contributed by atoms with Gasteiger partial charge < -0.3 is 15.4 Å². The summed E-state index contributed by atoms with van der Waals surface area (Å²) in [4.78, 5) is 27.0. The largest absolute Gasteiger partial charge is 0.478 e. The van der Waals surface area contributed by atoms with Gasteiger partial charge in [0.25, 0.3) is 5.91 Å². The number of fused-ring (bicyclic) bond motifs is 1. The minimum absolute atomic E-state index is 0.0391. The Hall–Kier alpha value is -3.85. The Labute approximate surface area is 155 Å². The summed E-state index contributed by atoms with van der Waals surface area (Å²) >= 11 is 0. The third kappa shape index (κ3) is 3.58. The van der Waals surface area contributed by atoms with Gasteiger partial charge >= 0.3 is 5.97 Å². The molecule has 2 aromatic carbocycles. The van der Waals surface area contributed by atoms with E-state index in [0.717, 1.165) is 28.5 Å². The lowest BCUT2D eigenvalue weighted by Gasteiger charge is -2.07. The highest BCUT2D eigenvalue weighted by atomic mass is 16.4. The smallest absolute Gasteiger partial charge is 0.337 e. The SMILES string of the molecule is CCc1cccc2c(/C=C(\C#N)C(=O)Nc3ccccc3C(=O)O)c[nH]c12. The second kappa shape index (κ2) is 7.58. The second-order valence-corrected chi connectivity index (χ2v) is 5.91. The maximum atomic E-state index is 12.5. The normalized spacial score (nSPS) is 11.2. The number of aromatic amines is 1. The van der Waals surface area contributed by atoms with E-state index in [2.05, 4.69) is 17.2 Å². The van der Waals surface area contributed by atoms with Crippen LogP contribution >= 0.6 is 0 Å². The van der Waals surface area contributed by atoms with Crippen molar-refractivity contribution in [2.24, 2.45) is 0 Å². The second-order valence-electron chi connectivity index (χ2n) is 5.91. The van der Waals surface area contributed by atoms with Crippen molar-refractivity contribution in [3.05, 3.63) is 70.9 Å². The number of amides is 1. The maximum absolute atomic E-state index is 12.5. The fourth-order valence-electron chi connectivity index (χ4n) is 2.93. The topological polar surface area (TPSA) is 106 Å².